The molecule has 0 radical (unpaired) electrons. The molecule has 0 spiro atoms. The van der Waals surface area contributed by atoms with Gasteiger partial charge in [-0.3, -0.25) is 4.79 Å². The van der Waals surface area contributed by atoms with Crippen LogP contribution >= 0.6 is 0 Å². The highest BCUT2D eigenvalue weighted by Gasteiger charge is 2.50. The third-order valence-electron chi connectivity index (χ3n) is 3.89. The van der Waals surface area contributed by atoms with Crippen LogP contribution in [0, 0.1) is 5.41 Å². The standard InChI is InChI=1S/C14H28N2O2/c1-6-7-8-18-11-9-10(13(11,2)3)16-12(17)14(4,5)15/h10-11H,6-9,15H2,1-5H3,(H,16,17). The van der Waals surface area contributed by atoms with Crippen molar-refractivity contribution in [3.8, 4) is 0 Å². The molecule has 106 valence electrons. The van der Waals surface area contributed by atoms with Gasteiger partial charge in [0.05, 0.1) is 11.6 Å². The summed E-state index contributed by atoms with van der Waals surface area (Å²) in [5.41, 5.74) is 4.96. The molecule has 4 nitrogen and oxygen atoms in total. The Balaban J connectivity index is 2.42. The van der Waals surface area contributed by atoms with Crippen LogP contribution in [-0.4, -0.2) is 30.2 Å². The maximum Gasteiger partial charge on any atom is 0.239 e. The van der Waals surface area contributed by atoms with Crippen LogP contribution in [0.1, 0.15) is 53.9 Å². The highest BCUT2D eigenvalue weighted by atomic mass is 16.5. The quantitative estimate of drug-likeness (QED) is 0.713. The molecule has 0 heterocycles. The zero-order chi connectivity index (χ0) is 14.0. The normalized spacial score (nSPS) is 26.6. The third kappa shape index (κ3) is 3.45. The summed E-state index contributed by atoms with van der Waals surface area (Å²) in [7, 11) is 0. The van der Waals surface area contributed by atoms with E-state index in [0.29, 0.717) is 0 Å². The minimum absolute atomic E-state index is 0.00531. The smallest absolute Gasteiger partial charge is 0.239 e. The molecule has 1 saturated carbocycles. The number of ether oxygens (including phenoxy) is 1. The molecule has 1 rings (SSSR count). The number of hydrogen-bond donors (Lipinski definition) is 2. The van der Waals surface area contributed by atoms with E-state index in [4.69, 9.17) is 10.5 Å². The summed E-state index contributed by atoms with van der Waals surface area (Å²) < 4.78 is 5.85. The lowest BCUT2D eigenvalue weighted by Gasteiger charge is -2.52. The lowest BCUT2D eigenvalue weighted by Crippen LogP contribution is -2.65. The van der Waals surface area contributed by atoms with E-state index in [9.17, 15) is 4.79 Å². The highest BCUT2D eigenvalue weighted by molar-refractivity contribution is 5.85. The van der Waals surface area contributed by atoms with Gasteiger partial charge in [-0.1, -0.05) is 27.2 Å². The molecular formula is C14H28N2O2. The summed E-state index contributed by atoms with van der Waals surface area (Å²) in [4.78, 5) is 11.8. The molecule has 1 amide bonds. The summed E-state index contributed by atoms with van der Waals surface area (Å²) in [5.74, 6) is -0.0902. The molecule has 18 heavy (non-hydrogen) atoms. The van der Waals surface area contributed by atoms with Gasteiger partial charge in [-0.25, -0.2) is 0 Å². The summed E-state index contributed by atoms with van der Waals surface area (Å²) in [5, 5.41) is 3.02. The lowest BCUT2D eigenvalue weighted by molar-refractivity contribution is -0.141. The van der Waals surface area contributed by atoms with E-state index in [-0.39, 0.29) is 23.5 Å². The Morgan fingerprint density at radius 2 is 2.11 bits per heavy atom. The summed E-state index contributed by atoms with van der Waals surface area (Å²) in [6.45, 7) is 10.7. The monoisotopic (exact) mass is 256 g/mol. The first kappa shape index (κ1) is 15.4. The van der Waals surface area contributed by atoms with E-state index < -0.39 is 5.54 Å². The third-order valence-corrected chi connectivity index (χ3v) is 3.89. The van der Waals surface area contributed by atoms with Gasteiger partial charge in [-0.2, -0.15) is 0 Å². The Morgan fingerprint density at radius 3 is 2.56 bits per heavy atom. The van der Waals surface area contributed by atoms with E-state index in [1.54, 1.807) is 13.8 Å². The van der Waals surface area contributed by atoms with Gasteiger partial charge in [0.25, 0.3) is 0 Å². The van der Waals surface area contributed by atoms with Crippen LogP contribution in [0.3, 0.4) is 0 Å². The largest absolute Gasteiger partial charge is 0.378 e. The van der Waals surface area contributed by atoms with Crippen molar-refractivity contribution in [3.63, 3.8) is 0 Å². The number of rotatable bonds is 6. The van der Waals surface area contributed by atoms with Crippen LogP contribution < -0.4 is 11.1 Å². The van der Waals surface area contributed by atoms with Gasteiger partial charge in [-0.05, 0) is 26.7 Å². The zero-order valence-corrected chi connectivity index (χ0v) is 12.4. The number of hydrogen-bond acceptors (Lipinski definition) is 3. The van der Waals surface area contributed by atoms with Gasteiger partial charge in [0.1, 0.15) is 0 Å². The van der Waals surface area contributed by atoms with Crippen LogP contribution in [0.5, 0.6) is 0 Å². The molecule has 0 saturated heterocycles. The molecule has 1 aliphatic rings. The molecular weight excluding hydrogens is 228 g/mol. The summed E-state index contributed by atoms with van der Waals surface area (Å²) >= 11 is 0. The first-order valence-corrected chi connectivity index (χ1v) is 6.91. The number of carbonyl (C=O) groups is 1. The number of amides is 1. The fraction of sp³-hybridized carbons (Fsp3) is 0.929. The van der Waals surface area contributed by atoms with Crippen LogP contribution in [0.4, 0.5) is 0 Å². The summed E-state index contributed by atoms with van der Waals surface area (Å²) in [6, 6.07) is 0.166. The van der Waals surface area contributed by atoms with Gasteiger partial charge in [0.2, 0.25) is 5.91 Å². The van der Waals surface area contributed by atoms with Crippen molar-refractivity contribution in [1.29, 1.82) is 0 Å². The van der Waals surface area contributed by atoms with E-state index in [1.165, 1.54) is 0 Å². The second-order valence-corrected chi connectivity index (χ2v) is 6.52. The second-order valence-electron chi connectivity index (χ2n) is 6.52. The Hall–Kier alpha value is -0.610. The maximum absolute atomic E-state index is 11.8. The molecule has 1 aliphatic carbocycles. The van der Waals surface area contributed by atoms with Crippen molar-refractivity contribution in [2.75, 3.05) is 6.61 Å². The average Bonchev–Trinajstić information content (AvgIpc) is 2.25. The predicted octanol–water partition coefficient (Wildman–Crippen LogP) is 1.82. The van der Waals surface area contributed by atoms with Gasteiger partial charge in [0, 0.05) is 18.1 Å². The van der Waals surface area contributed by atoms with Crippen molar-refractivity contribution >= 4 is 5.91 Å². The van der Waals surface area contributed by atoms with Crippen molar-refractivity contribution in [2.24, 2.45) is 11.1 Å². The van der Waals surface area contributed by atoms with Crippen LogP contribution in [0.15, 0.2) is 0 Å². The van der Waals surface area contributed by atoms with E-state index in [2.05, 4.69) is 26.1 Å². The van der Waals surface area contributed by atoms with Crippen LogP contribution in [0.2, 0.25) is 0 Å². The van der Waals surface area contributed by atoms with Crippen LogP contribution in [-0.2, 0) is 9.53 Å². The fourth-order valence-corrected chi connectivity index (χ4v) is 2.13. The fourth-order valence-electron chi connectivity index (χ4n) is 2.13. The molecule has 4 heteroatoms. The summed E-state index contributed by atoms with van der Waals surface area (Å²) in [6.07, 6.45) is 3.38. The molecule has 1 fully saturated rings. The molecule has 3 N–H and O–H groups in total. The SMILES string of the molecule is CCCCOC1CC(NC(=O)C(C)(C)N)C1(C)C. The number of carbonyl (C=O) groups excluding carboxylic acids is 1. The molecule has 0 aromatic heterocycles. The average molecular weight is 256 g/mol. The molecule has 0 aromatic rings. The van der Waals surface area contributed by atoms with E-state index in [0.717, 1.165) is 25.9 Å². The van der Waals surface area contributed by atoms with Crippen molar-refractivity contribution in [1.82, 2.24) is 5.32 Å². The van der Waals surface area contributed by atoms with E-state index >= 15 is 0 Å². The minimum Gasteiger partial charge on any atom is -0.378 e. The molecule has 0 aromatic carbocycles. The number of nitrogens with two attached hydrogens (primary N) is 1. The van der Waals surface area contributed by atoms with Crippen molar-refractivity contribution in [3.05, 3.63) is 0 Å². The number of unbranched alkanes of at least 4 members (excludes halogenated alkanes) is 1. The lowest BCUT2D eigenvalue weighted by atomic mass is 9.64. The van der Waals surface area contributed by atoms with Crippen LogP contribution in [0.25, 0.3) is 0 Å². The minimum atomic E-state index is -0.815. The number of nitrogens with one attached hydrogen (secondary N) is 1. The first-order chi connectivity index (χ1) is 8.19. The maximum atomic E-state index is 11.8. The van der Waals surface area contributed by atoms with Crippen molar-refractivity contribution < 1.29 is 9.53 Å². The molecule has 2 atom stereocenters. The Labute approximate surface area is 111 Å². The molecule has 0 aliphatic heterocycles. The van der Waals surface area contributed by atoms with Gasteiger partial charge in [0.15, 0.2) is 0 Å². The Kier molecular flexibility index (Phi) is 4.78. The topological polar surface area (TPSA) is 64.3 Å². The molecule has 0 bridgehead atoms. The zero-order valence-electron chi connectivity index (χ0n) is 12.4. The predicted molar refractivity (Wildman–Crippen MR) is 73.2 cm³/mol. The first-order valence-electron chi connectivity index (χ1n) is 6.91. The highest BCUT2D eigenvalue weighted by Crippen LogP contribution is 2.42. The second kappa shape index (κ2) is 5.57. The Morgan fingerprint density at radius 1 is 1.50 bits per heavy atom. The van der Waals surface area contributed by atoms with Gasteiger partial charge < -0.3 is 15.8 Å². The molecule has 2 unspecified atom stereocenters. The Bertz CT molecular complexity index is 295. The van der Waals surface area contributed by atoms with E-state index in [1.807, 2.05) is 0 Å². The van der Waals surface area contributed by atoms with Crippen molar-refractivity contribution in [2.45, 2.75) is 71.6 Å². The van der Waals surface area contributed by atoms with Gasteiger partial charge >= 0.3 is 0 Å². The van der Waals surface area contributed by atoms with Gasteiger partial charge in [-0.15, -0.1) is 0 Å².